The molecular weight excluding hydrogens is 598 g/mol. The van der Waals surface area contributed by atoms with Crippen LogP contribution in [0.2, 0.25) is 0 Å². The molecule has 4 rings (SSSR count). The van der Waals surface area contributed by atoms with E-state index in [0.29, 0.717) is 22.9 Å². The Hall–Kier alpha value is -4.52. The van der Waals surface area contributed by atoms with Crippen LogP contribution >= 0.6 is 7.82 Å². The van der Waals surface area contributed by atoms with Gasteiger partial charge in [-0.05, 0) is 26.0 Å². The van der Waals surface area contributed by atoms with Gasteiger partial charge in [0.1, 0.15) is 5.82 Å². The molecule has 0 bridgehead atoms. The summed E-state index contributed by atoms with van der Waals surface area (Å²) in [7, 11) is -1.15. The van der Waals surface area contributed by atoms with Crippen molar-refractivity contribution in [2.45, 2.75) is 25.5 Å². The van der Waals surface area contributed by atoms with Gasteiger partial charge >= 0.3 is 13.9 Å². The summed E-state index contributed by atoms with van der Waals surface area (Å²) in [5.74, 6) is -3.25. The predicted molar refractivity (Wildman–Crippen MR) is 148 cm³/mol. The zero-order valence-corrected chi connectivity index (χ0v) is 24.2. The Kier molecular flexibility index (Phi) is 8.25. The molecule has 0 spiro atoms. The number of ether oxygens (including phenoxy) is 4. The van der Waals surface area contributed by atoms with Gasteiger partial charge in [0, 0.05) is 17.8 Å². The van der Waals surface area contributed by atoms with Gasteiger partial charge in [0.05, 0.1) is 21.3 Å². The molecule has 1 aromatic carbocycles. The number of aromatic nitrogens is 3. The van der Waals surface area contributed by atoms with Crippen LogP contribution in [0.15, 0.2) is 24.3 Å². The minimum absolute atomic E-state index is 0.138. The first-order valence-electron chi connectivity index (χ1n) is 12.0. The molecule has 0 fully saturated rings. The largest absolute Gasteiger partial charge is 0.493 e. The summed E-state index contributed by atoms with van der Waals surface area (Å²) in [4.78, 5) is 43.9. The van der Waals surface area contributed by atoms with Gasteiger partial charge < -0.3 is 50.2 Å². The van der Waals surface area contributed by atoms with Crippen molar-refractivity contribution in [1.82, 2.24) is 15.0 Å². The first kappa shape index (κ1) is 31.4. The van der Waals surface area contributed by atoms with Gasteiger partial charge in [-0.3, -0.25) is 10.5 Å². The lowest BCUT2D eigenvalue weighted by molar-refractivity contribution is -0.168. The number of anilines is 6. The maximum atomic E-state index is 15.0. The molecule has 20 heteroatoms. The van der Waals surface area contributed by atoms with Crippen LogP contribution < -0.4 is 45.9 Å². The second kappa shape index (κ2) is 11.3. The van der Waals surface area contributed by atoms with E-state index in [9.17, 15) is 24.3 Å². The lowest BCUT2D eigenvalue weighted by Crippen LogP contribution is -2.67. The lowest BCUT2D eigenvalue weighted by atomic mass is 10.1. The number of amides is 1. The summed E-state index contributed by atoms with van der Waals surface area (Å²) in [6.07, 6.45) is 0. The Bertz CT molecular complexity index is 1590. The Morgan fingerprint density at radius 1 is 1.07 bits per heavy atom. The van der Waals surface area contributed by atoms with E-state index in [-0.39, 0.29) is 22.4 Å². The Morgan fingerprint density at radius 3 is 2.26 bits per heavy atom. The molecule has 3 heterocycles. The molecule has 1 unspecified atom stereocenters. The van der Waals surface area contributed by atoms with E-state index in [2.05, 4.69) is 30.1 Å². The number of nitrogen functional groups attached to an aromatic ring is 1. The summed E-state index contributed by atoms with van der Waals surface area (Å²) >= 11 is 0. The Balaban J connectivity index is 1.72. The summed E-state index contributed by atoms with van der Waals surface area (Å²) in [6.45, 7) is 2.62. The smallest absolute Gasteiger partial charge is 0.474 e. The highest BCUT2D eigenvalue weighted by Crippen LogP contribution is 2.45. The SMILES string of the molecule is COc1cc(Nc2nc(N)c(F)c(Nc3ccc4c(n3)N(C(N)(O)OP(=O)(O)O)C(=O)C(C)(C)O4)n2)cc(OC)c1OC. The first-order valence-corrected chi connectivity index (χ1v) is 13.5. The molecular formula is C23H28FN8O10P. The second-order valence-corrected chi connectivity index (χ2v) is 10.4. The molecule has 3 aromatic rings. The number of phosphoric ester groups is 1. The Labute approximate surface area is 242 Å². The number of aliphatic hydroxyl groups is 1. The average molecular weight is 626 g/mol. The molecule has 18 nitrogen and oxygen atoms in total. The number of hydrogen-bond acceptors (Lipinski definition) is 15. The van der Waals surface area contributed by atoms with Crippen molar-refractivity contribution in [2.75, 3.05) is 42.6 Å². The van der Waals surface area contributed by atoms with Crippen LogP contribution in [0.1, 0.15) is 13.8 Å². The van der Waals surface area contributed by atoms with Crippen molar-refractivity contribution < 1.29 is 52.1 Å². The number of pyridine rings is 1. The molecule has 9 N–H and O–H groups in total. The predicted octanol–water partition coefficient (Wildman–Crippen LogP) is 1.28. The third-order valence-corrected chi connectivity index (χ3v) is 6.26. The standard InChI is InChI=1S/C23H28FN8O10P/c1-22(2)20(33)32(23(26,34)42-43(35,36)37)19-11(41-22)6-7-14(29-19)28-18-15(24)17(25)30-21(31-18)27-10-8-12(38-3)16(40-5)13(9-10)39-4/h6-9,34H,26H2,1-5H3,(H2,35,36,37)(H4,25,27,28,29,30,31). The van der Waals surface area contributed by atoms with E-state index in [1.807, 2.05) is 0 Å². The Morgan fingerprint density at radius 2 is 1.70 bits per heavy atom. The van der Waals surface area contributed by atoms with E-state index < -0.39 is 48.6 Å². The van der Waals surface area contributed by atoms with Gasteiger partial charge in [0.2, 0.25) is 17.5 Å². The fourth-order valence-corrected chi connectivity index (χ4v) is 4.38. The minimum atomic E-state index is -5.43. The van der Waals surface area contributed by atoms with Crippen molar-refractivity contribution in [3.05, 3.63) is 30.1 Å². The number of carbonyl (C=O) groups excluding carboxylic acids is 1. The highest BCUT2D eigenvalue weighted by Gasteiger charge is 2.52. The number of rotatable bonds is 10. The van der Waals surface area contributed by atoms with Crippen molar-refractivity contribution >= 4 is 48.6 Å². The normalized spacial score (nSPS) is 15.6. The molecule has 2 aromatic heterocycles. The summed E-state index contributed by atoms with van der Waals surface area (Å²) in [5.41, 5.74) is 10.1. The molecule has 1 aliphatic rings. The van der Waals surface area contributed by atoms with Gasteiger partial charge in [0.15, 0.2) is 40.3 Å². The number of hydrogen-bond donors (Lipinski definition) is 7. The molecule has 0 aliphatic carbocycles. The molecule has 1 atom stereocenters. The van der Waals surface area contributed by atoms with Crippen molar-refractivity contribution in [3.63, 3.8) is 0 Å². The van der Waals surface area contributed by atoms with Crippen LogP contribution in [-0.2, 0) is 13.9 Å². The third kappa shape index (κ3) is 6.46. The third-order valence-electron chi connectivity index (χ3n) is 5.75. The number of nitrogens with two attached hydrogens (primary N) is 2. The molecule has 43 heavy (non-hydrogen) atoms. The summed E-state index contributed by atoms with van der Waals surface area (Å²) < 4.78 is 52.3. The molecule has 1 amide bonds. The lowest BCUT2D eigenvalue weighted by Gasteiger charge is -2.43. The number of nitrogens with one attached hydrogen (secondary N) is 2. The minimum Gasteiger partial charge on any atom is -0.493 e. The number of halogens is 1. The van der Waals surface area contributed by atoms with Gasteiger partial charge in [-0.1, -0.05) is 0 Å². The number of methoxy groups -OCH3 is 3. The van der Waals surface area contributed by atoms with Crippen molar-refractivity contribution in [1.29, 1.82) is 0 Å². The van der Waals surface area contributed by atoms with E-state index in [1.165, 1.54) is 47.3 Å². The van der Waals surface area contributed by atoms with Gasteiger partial charge in [0.25, 0.3) is 5.91 Å². The number of benzene rings is 1. The zero-order chi connectivity index (χ0) is 31.9. The van der Waals surface area contributed by atoms with Crippen LogP contribution in [0.3, 0.4) is 0 Å². The van der Waals surface area contributed by atoms with Crippen LogP contribution in [-0.4, -0.2) is 68.7 Å². The molecule has 1 aliphatic heterocycles. The number of phosphoric acid groups is 1. The second-order valence-electron chi connectivity index (χ2n) is 9.27. The number of carbonyl (C=O) groups is 1. The first-order chi connectivity index (χ1) is 20.0. The molecule has 0 radical (unpaired) electrons. The zero-order valence-electron chi connectivity index (χ0n) is 23.3. The maximum absolute atomic E-state index is 15.0. The number of fused-ring (bicyclic) bond motifs is 1. The van der Waals surface area contributed by atoms with E-state index in [1.54, 1.807) is 12.1 Å². The van der Waals surface area contributed by atoms with Gasteiger partial charge in [-0.25, -0.2) is 19.0 Å². The molecule has 0 saturated carbocycles. The highest BCUT2D eigenvalue weighted by molar-refractivity contribution is 7.46. The topological polar surface area (TPSA) is 259 Å². The van der Waals surface area contributed by atoms with Crippen LogP contribution in [0.25, 0.3) is 0 Å². The maximum Gasteiger partial charge on any atom is 0.474 e. The van der Waals surface area contributed by atoms with Crippen molar-refractivity contribution in [3.8, 4) is 23.0 Å². The van der Waals surface area contributed by atoms with Crippen LogP contribution in [0, 0.1) is 5.82 Å². The average Bonchev–Trinajstić information content (AvgIpc) is 2.90. The fourth-order valence-electron chi connectivity index (χ4n) is 3.95. The summed E-state index contributed by atoms with van der Waals surface area (Å²) in [5, 5.41) is 16.0. The molecule has 0 saturated heterocycles. The van der Waals surface area contributed by atoms with E-state index >= 15 is 4.39 Å². The van der Waals surface area contributed by atoms with Crippen molar-refractivity contribution in [2.24, 2.45) is 5.73 Å². The highest BCUT2D eigenvalue weighted by atomic mass is 31.2. The molecule has 232 valence electrons. The quantitative estimate of drug-likeness (QED) is 0.123. The van der Waals surface area contributed by atoms with Gasteiger partial charge in [-0.15, -0.1) is 0 Å². The fraction of sp³-hybridized carbons (Fsp3) is 0.304. The van der Waals surface area contributed by atoms with Crippen LogP contribution in [0.4, 0.5) is 39.3 Å². The summed E-state index contributed by atoms with van der Waals surface area (Å²) in [6, 6.07) is 2.29. The van der Waals surface area contributed by atoms with E-state index in [4.69, 9.17) is 30.4 Å². The van der Waals surface area contributed by atoms with Crippen LogP contribution in [0.5, 0.6) is 23.0 Å². The van der Waals surface area contributed by atoms with Gasteiger partial charge in [-0.2, -0.15) is 14.4 Å². The monoisotopic (exact) mass is 626 g/mol. The number of nitrogens with zero attached hydrogens (tertiary/aromatic N) is 4. The van der Waals surface area contributed by atoms with E-state index in [0.717, 1.165) is 0 Å².